The Morgan fingerprint density at radius 1 is 1.35 bits per heavy atom. The molecule has 0 spiro atoms. The average Bonchev–Trinajstić information content (AvgIpc) is 3.16. The second kappa shape index (κ2) is 7.19. The maximum absolute atomic E-state index is 13.7. The van der Waals surface area contributed by atoms with Crippen molar-refractivity contribution >= 4 is 40.0 Å². The highest BCUT2D eigenvalue weighted by molar-refractivity contribution is 7.98. The molecule has 0 bridgehead atoms. The number of hydrogen-bond donors (Lipinski definition) is 1. The number of nitrogens with one attached hydrogen (secondary N) is 1. The molecular weight excluding hydrogens is 333 g/mol. The molecular formula is C17H16FNO2S2. The zero-order chi connectivity index (χ0) is 16.2. The third kappa shape index (κ3) is 3.59. The first-order valence-electron chi connectivity index (χ1n) is 7.22. The molecule has 23 heavy (non-hydrogen) atoms. The van der Waals surface area contributed by atoms with Crippen LogP contribution in [0.4, 0.5) is 4.39 Å². The summed E-state index contributed by atoms with van der Waals surface area (Å²) in [5.74, 6) is 1.21. The van der Waals surface area contributed by atoms with Crippen LogP contribution in [0.15, 0.2) is 40.1 Å². The van der Waals surface area contributed by atoms with Gasteiger partial charge >= 0.3 is 0 Å². The largest absolute Gasteiger partial charge is 0.448 e. The summed E-state index contributed by atoms with van der Waals surface area (Å²) in [6.45, 7) is 2.32. The van der Waals surface area contributed by atoms with E-state index in [0.29, 0.717) is 17.5 Å². The molecule has 1 aromatic carbocycles. The zero-order valence-electron chi connectivity index (χ0n) is 12.6. The normalized spacial score (nSPS) is 11.0. The fraction of sp³-hybridized carbons (Fsp3) is 0.235. The van der Waals surface area contributed by atoms with Crippen LogP contribution in [0.1, 0.15) is 21.0 Å². The van der Waals surface area contributed by atoms with Crippen LogP contribution in [-0.4, -0.2) is 18.2 Å². The molecule has 0 aliphatic rings. The highest BCUT2D eigenvalue weighted by atomic mass is 32.2. The standard InChI is InChI=1S/C17H16FNO2S2/c1-11-13-5-2-6-14(18)16(13)21-15(11)17(20)19-7-9-22-10-12-4-3-8-23-12/h2-6,8H,7,9-10H2,1H3,(H,19,20). The molecule has 0 atom stereocenters. The molecule has 0 aliphatic carbocycles. The molecule has 3 aromatic rings. The number of halogens is 1. The van der Waals surface area contributed by atoms with Gasteiger partial charge in [-0.2, -0.15) is 11.8 Å². The van der Waals surface area contributed by atoms with Gasteiger partial charge in [-0.1, -0.05) is 18.2 Å². The quantitative estimate of drug-likeness (QED) is 0.661. The van der Waals surface area contributed by atoms with E-state index < -0.39 is 5.82 Å². The number of benzene rings is 1. The van der Waals surface area contributed by atoms with Crippen LogP contribution in [0.5, 0.6) is 0 Å². The number of carbonyl (C=O) groups excluding carboxylic acids is 1. The fourth-order valence-corrected chi connectivity index (χ4v) is 4.01. The second-order valence-corrected chi connectivity index (χ2v) is 7.20. The summed E-state index contributed by atoms with van der Waals surface area (Å²) in [6, 6.07) is 8.83. The van der Waals surface area contributed by atoms with E-state index in [-0.39, 0.29) is 17.3 Å². The predicted molar refractivity (Wildman–Crippen MR) is 93.7 cm³/mol. The van der Waals surface area contributed by atoms with Crippen LogP contribution in [0.25, 0.3) is 11.0 Å². The molecule has 0 unspecified atom stereocenters. The van der Waals surface area contributed by atoms with Crippen LogP contribution in [0.3, 0.4) is 0 Å². The Morgan fingerprint density at radius 2 is 2.22 bits per heavy atom. The third-order valence-electron chi connectivity index (χ3n) is 3.48. The van der Waals surface area contributed by atoms with Crippen LogP contribution in [-0.2, 0) is 5.75 Å². The number of thioether (sulfide) groups is 1. The van der Waals surface area contributed by atoms with E-state index in [2.05, 4.69) is 16.8 Å². The van der Waals surface area contributed by atoms with E-state index in [9.17, 15) is 9.18 Å². The molecule has 1 N–H and O–H groups in total. The number of aryl methyl sites for hydroxylation is 1. The van der Waals surface area contributed by atoms with Crippen molar-refractivity contribution in [2.45, 2.75) is 12.7 Å². The lowest BCUT2D eigenvalue weighted by Gasteiger charge is -2.03. The van der Waals surface area contributed by atoms with E-state index in [0.717, 1.165) is 11.5 Å². The molecule has 3 rings (SSSR count). The van der Waals surface area contributed by atoms with Crippen molar-refractivity contribution < 1.29 is 13.6 Å². The predicted octanol–water partition coefficient (Wildman–Crippen LogP) is 4.61. The van der Waals surface area contributed by atoms with Crippen LogP contribution in [0.2, 0.25) is 0 Å². The van der Waals surface area contributed by atoms with Gasteiger partial charge in [0.2, 0.25) is 0 Å². The van der Waals surface area contributed by atoms with Crippen LogP contribution < -0.4 is 5.32 Å². The first kappa shape index (κ1) is 16.1. The van der Waals surface area contributed by atoms with Gasteiger partial charge in [0.05, 0.1) is 0 Å². The third-order valence-corrected chi connectivity index (χ3v) is 5.55. The molecule has 0 saturated heterocycles. The number of furan rings is 1. The maximum atomic E-state index is 13.7. The van der Waals surface area contributed by atoms with Gasteiger partial charge in [-0.15, -0.1) is 11.3 Å². The average molecular weight is 349 g/mol. The van der Waals surface area contributed by atoms with Crippen molar-refractivity contribution in [2.24, 2.45) is 0 Å². The molecule has 1 amide bonds. The summed E-state index contributed by atoms with van der Waals surface area (Å²) in [5, 5.41) is 5.53. The lowest BCUT2D eigenvalue weighted by Crippen LogP contribution is -2.25. The highest BCUT2D eigenvalue weighted by Gasteiger charge is 2.18. The van der Waals surface area contributed by atoms with Crippen LogP contribution in [0, 0.1) is 12.7 Å². The molecule has 0 aliphatic heterocycles. The minimum Gasteiger partial charge on any atom is -0.448 e. The summed E-state index contributed by atoms with van der Waals surface area (Å²) in [4.78, 5) is 13.5. The van der Waals surface area contributed by atoms with E-state index in [1.807, 2.05) is 6.07 Å². The van der Waals surface area contributed by atoms with E-state index >= 15 is 0 Å². The van der Waals surface area contributed by atoms with Crippen molar-refractivity contribution in [1.29, 1.82) is 0 Å². The minimum atomic E-state index is -0.448. The monoisotopic (exact) mass is 349 g/mol. The Labute approximate surface area is 141 Å². The smallest absolute Gasteiger partial charge is 0.287 e. The number of amides is 1. The van der Waals surface area contributed by atoms with Gasteiger partial charge in [0.25, 0.3) is 5.91 Å². The number of carbonyl (C=O) groups is 1. The van der Waals surface area contributed by atoms with Gasteiger partial charge in [0, 0.05) is 33.9 Å². The van der Waals surface area contributed by atoms with Gasteiger partial charge in [-0.3, -0.25) is 4.79 Å². The maximum Gasteiger partial charge on any atom is 0.287 e. The second-order valence-electron chi connectivity index (χ2n) is 5.06. The molecule has 0 fully saturated rings. The Balaban J connectivity index is 1.56. The molecule has 120 valence electrons. The highest BCUT2D eigenvalue weighted by Crippen LogP contribution is 2.27. The van der Waals surface area contributed by atoms with Crippen molar-refractivity contribution in [3.63, 3.8) is 0 Å². The van der Waals surface area contributed by atoms with Crippen LogP contribution >= 0.6 is 23.1 Å². The van der Waals surface area contributed by atoms with Crippen molar-refractivity contribution in [3.05, 3.63) is 57.7 Å². The van der Waals surface area contributed by atoms with Gasteiger partial charge in [-0.05, 0) is 24.4 Å². The summed E-state index contributed by atoms with van der Waals surface area (Å²) >= 11 is 3.50. The lowest BCUT2D eigenvalue weighted by molar-refractivity contribution is 0.0929. The number of rotatable bonds is 6. The fourth-order valence-electron chi connectivity index (χ4n) is 2.31. The summed E-state index contributed by atoms with van der Waals surface area (Å²) in [7, 11) is 0. The lowest BCUT2D eigenvalue weighted by atomic mass is 10.1. The molecule has 2 heterocycles. The van der Waals surface area contributed by atoms with Crippen molar-refractivity contribution in [1.82, 2.24) is 5.32 Å². The van der Waals surface area contributed by atoms with E-state index in [1.54, 1.807) is 42.2 Å². The first-order chi connectivity index (χ1) is 11.2. The Hall–Kier alpha value is -1.79. The number of hydrogen-bond acceptors (Lipinski definition) is 4. The molecule has 0 radical (unpaired) electrons. The summed E-state index contributed by atoms with van der Waals surface area (Å²) < 4.78 is 19.1. The Bertz CT molecular complexity index is 811. The SMILES string of the molecule is Cc1c(C(=O)NCCSCc2cccs2)oc2c(F)cccc12. The molecule has 0 saturated carbocycles. The van der Waals surface area contributed by atoms with E-state index in [1.165, 1.54) is 10.9 Å². The Kier molecular flexibility index (Phi) is 5.03. The summed E-state index contributed by atoms with van der Waals surface area (Å²) in [5.41, 5.74) is 0.811. The molecule has 3 nitrogen and oxygen atoms in total. The first-order valence-corrected chi connectivity index (χ1v) is 9.26. The van der Waals surface area contributed by atoms with Gasteiger partial charge in [0.1, 0.15) is 0 Å². The number of thiophene rings is 1. The number of para-hydroxylation sites is 1. The Morgan fingerprint density at radius 3 is 2.96 bits per heavy atom. The van der Waals surface area contributed by atoms with Gasteiger partial charge in [-0.25, -0.2) is 4.39 Å². The molecule has 6 heteroatoms. The minimum absolute atomic E-state index is 0.141. The summed E-state index contributed by atoms with van der Waals surface area (Å²) in [6.07, 6.45) is 0. The van der Waals surface area contributed by atoms with Crippen molar-refractivity contribution in [3.8, 4) is 0 Å². The van der Waals surface area contributed by atoms with Gasteiger partial charge in [0.15, 0.2) is 17.2 Å². The van der Waals surface area contributed by atoms with Crippen molar-refractivity contribution in [2.75, 3.05) is 12.3 Å². The zero-order valence-corrected chi connectivity index (χ0v) is 14.2. The van der Waals surface area contributed by atoms with Gasteiger partial charge < -0.3 is 9.73 Å². The van der Waals surface area contributed by atoms with E-state index in [4.69, 9.17) is 4.42 Å². The number of fused-ring (bicyclic) bond motifs is 1. The topological polar surface area (TPSA) is 42.2 Å². The molecule has 2 aromatic heterocycles.